The molecule has 0 bridgehead atoms. The van der Waals surface area contributed by atoms with E-state index in [2.05, 4.69) is 0 Å². The van der Waals surface area contributed by atoms with Crippen molar-refractivity contribution in [3.8, 4) is 11.5 Å². The molecular formula is C26H23FN2O3S. The molecule has 0 atom stereocenters. The van der Waals surface area contributed by atoms with E-state index in [0.29, 0.717) is 34.5 Å². The summed E-state index contributed by atoms with van der Waals surface area (Å²) in [5, 5.41) is 0.410. The van der Waals surface area contributed by atoms with Gasteiger partial charge in [0.05, 0.1) is 12.3 Å². The molecule has 1 fully saturated rings. The largest absolute Gasteiger partial charge is 0.490 e. The minimum atomic E-state index is -0.321. The molecule has 4 rings (SSSR count). The zero-order valence-electron chi connectivity index (χ0n) is 18.3. The molecule has 1 saturated heterocycles. The Morgan fingerprint density at radius 1 is 0.970 bits per heavy atom. The SMILES string of the molecule is CCOc1cc(/C=C2/C(=O)N(c3ccccc3)C(=S)N2C)ccc1OCc1ccccc1F. The van der Waals surface area contributed by atoms with Gasteiger partial charge in [0.2, 0.25) is 0 Å². The van der Waals surface area contributed by atoms with Crippen LogP contribution in [0.4, 0.5) is 10.1 Å². The second-order valence-electron chi connectivity index (χ2n) is 7.37. The lowest BCUT2D eigenvalue weighted by Crippen LogP contribution is -2.30. The number of halogens is 1. The fourth-order valence-electron chi connectivity index (χ4n) is 3.49. The van der Waals surface area contributed by atoms with E-state index in [4.69, 9.17) is 21.7 Å². The Hall–Kier alpha value is -3.71. The molecule has 168 valence electrons. The molecule has 0 spiro atoms. The molecule has 1 aliphatic heterocycles. The average molecular weight is 463 g/mol. The van der Waals surface area contributed by atoms with Crippen LogP contribution >= 0.6 is 12.2 Å². The zero-order chi connectivity index (χ0) is 23.4. The van der Waals surface area contributed by atoms with Gasteiger partial charge in [-0.15, -0.1) is 0 Å². The molecule has 0 aliphatic carbocycles. The molecule has 7 heteroatoms. The van der Waals surface area contributed by atoms with Gasteiger partial charge < -0.3 is 14.4 Å². The molecule has 1 heterocycles. The first-order chi connectivity index (χ1) is 16.0. The summed E-state index contributed by atoms with van der Waals surface area (Å²) in [6.07, 6.45) is 1.76. The molecular weight excluding hydrogens is 439 g/mol. The second kappa shape index (κ2) is 9.83. The number of anilines is 1. The van der Waals surface area contributed by atoms with Gasteiger partial charge in [0, 0.05) is 12.6 Å². The predicted octanol–water partition coefficient (Wildman–Crippen LogP) is 5.41. The van der Waals surface area contributed by atoms with E-state index in [1.54, 1.807) is 48.4 Å². The van der Waals surface area contributed by atoms with Gasteiger partial charge in [-0.05, 0) is 61.1 Å². The third kappa shape index (κ3) is 4.73. The fourth-order valence-corrected chi connectivity index (χ4v) is 3.78. The van der Waals surface area contributed by atoms with Crippen LogP contribution in [0.2, 0.25) is 0 Å². The van der Waals surface area contributed by atoms with Crippen molar-refractivity contribution in [1.82, 2.24) is 4.90 Å². The van der Waals surface area contributed by atoms with Gasteiger partial charge in [-0.25, -0.2) is 4.39 Å². The first kappa shape index (κ1) is 22.5. The zero-order valence-corrected chi connectivity index (χ0v) is 19.1. The van der Waals surface area contributed by atoms with Crippen LogP contribution in [-0.4, -0.2) is 29.6 Å². The van der Waals surface area contributed by atoms with Crippen molar-refractivity contribution in [3.05, 3.63) is 95.4 Å². The van der Waals surface area contributed by atoms with Crippen molar-refractivity contribution in [1.29, 1.82) is 0 Å². The summed E-state index contributed by atoms with van der Waals surface area (Å²) >= 11 is 5.51. The van der Waals surface area contributed by atoms with Gasteiger partial charge in [0.25, 0.3) is 5.91 Å². The first-order valence-electron chi connectivity index (χ1n) is 10.5. The van der Waals surface area contributed by atoms with E-state index in [-0.39, 0.29) is 18.3 Å². The molecule has 0 N–H and O–H groups in total. The molecule has 0 unspecified atom stereocenters. The number of hydrogen-bond acceptors (Lipinski definition) is 4. The van der Waals surface area contributed by atoms with E-state index < -0.39 is 0 Å². The highest BCUT2D eigenvalue weighted by Gasteiger charge is 2.36. The van der Waals surface area contributed by atoms with E-state index in [0.717, 1.165) is 11.3 Å². The maximum absolute atomic E-state index is 13.9. The summed E-state index contributed by atoms with van der Waals surface area (Å²) in [4.78, 5) is 16.3. The minimum absolute atomic E-state index is 0.0781. The number of para-hydroxylation sites is 1. The molecule has 1 aliphatic rings. The Morgan fingerprint density at radius 2 is 1.70 bits per heavy atom. The maximum atomic E-state index is 13.9. The maximum Gasteiger partial charge on any atom is 0.281 e. The van der Waals surface area contributed by atoms with Crippen LogP contribution in [0.1, 0.15) is 18.1 Å². The van der Waals surface area contributed by atoms with Crippen LogP contribution in [0.3, 0.4) is 0 Å². The Bertz CT molecular complexity index is 1210. The van der Waals surface area contributed by atoms with Gasteiger partial charge in [-0.2, -0.15) is 0 Å². The van der Waals surface area contributed by atoms with Gasteiger partial charge in [0.1, 0.15) is 18.1 Å². The number of benzene rings is 3. The molecule has 33 heavy (non-hydrogen) atoms. The summed E-state index contributed by atoms with van der Waals surface area (Å²) in [7, 11) is 1.77. The third-order valence-corrected chi connectivity index (χ3v) is 5.64. The average Bonchev–Trinajstić information content (AvgIpc) is 3.03. The number of carbonyl (C=O) groups is 1. The molecule has 5 nitrogen and oxygen atoms in total. The summed E-state index contributed by atoms with van der Waals surface area (Å²) in [6.45, 7) is 2.38. The standard InChI is InChI=1S/C26H23FN2O3S/c1-3-31-24-16-18(13-14-23(24)32-17-19-9-7-8-12-21(19)27)15-22-25(30)29(26(33)28(22)2)20-10-5-4-6-11-20/h4-16H,3,17H2,1-2H3/b22-15-. The lowest BCUT2D eigenvalue weighted by atomic mass is 10.1. The van der Waals surface area contributed by atoms with E-state index in [1.165, 1.54) is 11.0 Å². The molecule has 1 amide bonds. The number of rotatable bonds is 7. The summed E-state index contributed by atoms with van der Waals surface area (Å²) in [5.74, 6) is 0.485. The number of thiocarbonyl (C=S) groups is 1. The number of carbonyl (C=O) groups excluding carboxylic acids is 1. The van der Waals surface area contributed by atoms with Crippen LogP contribution in [0.5, 0.6) is 11.5 Å². The van der Waals surface area contributed by atoms with Crippen LogP contribution in [0.25, 0.3) is 6.08 Å². The highest BCUT2D eigenvalue weighted by molar-refractivity contribution is 7.80. The molecule has 0 radical (unpaired) electrons. The highest BCUT2D eigenvalue weighted by atomic mass is 32.1. The van der Waals surface area contributed by atoms with Gasteiger partial charge in [-0.1, -0.05) is 42.5 Å². The monoisotopic (exact) mass is 462 g/mol. The molecule has 0 aromatic heterocycles. The normalized spacial score (nSPS) is 14.8. The van der Waals surface area contributed by atoms with Crippen molar-refractivity contribution >= 4 is 35.0 Å². The lowest BCUT2D eigenvalue weighted by molar-refractivity contribution is -0.114. The van der Waals surface area contributed by atoms with Gasteiger partial charge in [-0.3, -0.25) is 9.69 Å². The minimum Gasteiger partial charge on any atom is -0.490 e. The van der Waals surface area contributed by atoms with Crippen molar-refractivity contribution in [2.45, 2.75) is 13.5 Å². The summed E-state index contributed by atoms with van der Waals surface area (Å²) in [6, 6.07) is 21.1. The summed E-state index contributed by atoms with van der Waals surface area (Å²) in [5.41, 5.74) is 2.38. The lowest BCUT2D eigenvalue weighted by Gasteiger charge is -2.16. The molecule has 0 saturated carbocycles. The topological polar surface area (TPSA) is 42.0 Å². The molecule has 3 aromatic rings. The van der Waals surface area contributed by atoms with Crippen molar-refractivity contribution in [2.75, 3.05) is 18.6 Å². The Morgan fingerprint density at radius 3 is 2.42 bits per heavy atom. The van der Waals surface area contributed by atoms with E-state index in [1.807, 2.05) is 43.3 Å². The number of nitrogens with zero attached hydrogens (tertiary/aromatic N) is 2. The first-order valence-corrected chi connectivity index (χ1v) is 10.9. The number of hydrogen-bond donors (Lipinski definition) is 0. The number of amides is 1. The van der Waals surface area contributed by atoms with Crippen LogP contribution in [0, 0.1) is 5.82 Å². The summed E-state index contributed by atoms with van der Waals surface area (Å²) < 4.78 is 25.5. The second-order valence-corrected chi connectivity index (χ2v) is 7.73. The van der Waals surface area contributed by atoms with E-state index in [9.17, 15) is 9.18 Å². The van der Waals surface area contributed by atoms with E-state index >= 15 is 0 Å². The molecule has 3 aromatic carbocycles. The fraction of sp³-hybridized carbons (Fsp3) is 0.154. The van der Waals surface area contributed by atoms with Crippen molar-refractivity contribution < 1.29 is 18.7 Å². The quantitative estimate of drug-likeness (QED) is 0.347. The third-order valence-electron chi connectivity index (χ3n) is 5.19. The Balaban J connectivity index is 1.60. The van der Waals surface area contributed by atoms with Gasteiger partial charge >= 0.3 is 0 Å². The highest BCUT2D eigenvalue weighted by Crippen LogP contribution is 2.32. The predicted molar refractivity (Wildman–Crippen MR) is 131 cm³/mol. The Labute approximate surface area is 197 Å². The van der Waals surface area contributed by atoms with Gasteiger partial charge in [0.15, 0.2) is 16.6 Å². The van der Waals surface area contributed by atoms with Crippen LogP contribution in [0.15, 0.2) is 78.5 Å². The number of likely N-dealkylation sites (N-methyl/N-ethyl adjacent to an activating group) is 1. The number of ether oxygens (including phenoxy) is 2. The Kier molecular flexibility index (Phi) is 6.70. The van der Waals surface area contributed by atoms with Crippen LogP contribution in [-0.2, 0) is 11.4 Å². The van der Waals surface area contributed by atoms with Crippen molar-refractivity contribution in [2.24, 2.45) is 0 Å². The van der Waals surface area contributed by atoms with Crippen molar-refractivity contribution in [3.63, 3.8) is 0 Å². The van der Waals surface area contributed by atoms with Crippen LogP contribution < -0.4 is 14.4 Å². The smallest absolute Gasteiger partial charge is 0.281 e.